The molecule has 0 atom stereocenters. The summed E-state index contributed by atoms with van der Waals surface area (Å²) < 4.78 is 16.0. The Balaban J connectivity index is 2.29. The molecular weight excluding hydrogens is 330 g/mol. The Labute approximate surface area is 153 Å². The number of methoxy groups -OCH3 is 2. The van der Waals surface area contributed by atoms with Crippen LogP contribution >= 0.6 is 0 Å². The molecule has 0 saturated heterocycles. The molecule has 2 aromatic carbocycles. The summed E-state index contributed by atoms with van der Waals surface area (Å²) in [5, 5.41) is 9.40. The highest BCUT2D eigenvalue weighted by Crippen LogP contribution is 2.29. The zero-order chi connectivity index (χ0) is 18.9. The lowest BCUT2D eigenvalue weighted by Crippen LogP contribution is -2.02. The number of hydrogen-bond donors (Lipinski definition) is 0. The van der Waals surface area contributed by atoms with Crippen molar-refractivity contribution in [2.75, 3.05) is 20.8 Å². The normalized spacial score (nSPS) is 10.8. The molecule has 0 radical (unpaired) electrons. The third kappa shape index (κ3) is 4.64. The molecule has 0 fully saturated rings. The maximum atomic E-state index is 12.6. The van der Waals surface area contributed by atoms with E-state index in [1.54, 1.807) is 62.8 Å². The number of hydrogen-bond acceptors (Lipinski definition) is 5. The monoisotopic (exact) mass is 351 g/mol. The van der Waals surface area contributed by atoms with E-state index in [1.165, 1.54) is 0 Å². The van der Waals surface area contributed by atoms with Gasteiger partial charge in [-0.3, -0.25) is 4.79 Å². The predicted octanol–water partition coefficient (Wildman–Crippen LogP) is 4.28. The van der Waals surface area contributed by atoms with Crippen molar-refractivity contribution in [1.29, 1.82) is 5.26 Å². The molecular formula is C21H21NO4. The van der Waals surface area contributed by atoms with Crippen LogP contribution in [-0.4, -0.2) is 26.6 Å². The number of carbonyl (C=O) groups excluding carboxylic acids is 1. The number of carbonyl (C=O) groups is 1. The number of ether oxygens (including phenoxy) is 3. The standard InChI is InChI=1S/C21H21NO4/c1-4-11-26-19-10-5-15(13-20(19)25-3)12-17(14-22)21(23)16-6-8-18(24-2)9-7-16/h5-10,12-13H,4,11H2,1-3H3/b17-12+. The van der Waals surface area contributed by atoms with E-state index in [9.17, 15) is 10.1 Å². The number of nitriles is 1. The maximum Gasteiger partial charge on any atom is 0.203 e. The van der Waals surface area contributed by atoms with Gasteiger partial charge in [-0.05, 0) is 54.5 Å². The number of Topliss-reactive ketones (excluding diaryl/α,β-unsaturated/α-hetero) is 1. The molecule has 0 aromatic heterocycles. The maximum absolute atomic E-state index is 12.6. The lowest BCUT2D eigenvalue weighted by Gasteiger charge is -2.10. The van der Waals surface area contributed by atoms with E-state index in [4.69, 9.17) is 14.2 Å². The zero-order valence-electron chi connectivity index (χ0n) is 15.1. The van der Waals surface area contributed by atoms with E-state index in [0.29, 0.717) is 35.0 Å². The number of rotatable bonds is 8. The van der Waals surface area contributed by atoms with E-state index in [0.717, 1.165) is 6.42 Å². The van der Waals surface area contributed by atoms with Crippen molar-refractivity contribution in [3.63, 3.8) is 0 Å². The average molecular weight is 351 g/mol. The summed E-state index contributed by atoms with van der Waals surface area (Å²) in [5.74, 6) is 1.49. The molecule has 2 rings (SSSR count). The number of benzene rings is 2. The van der Waals surface area contributed by atoms with E-state index < -0.39 is 0 Å². The molecule has 0 saturated carbocycles. The Bertz CT molecular complexity index is 832. The van der Waals surface area contributed by atoms with Crippen LogP contribution < -0.4 is 14.2 Å². The number of nitrogens with zero attached hydrogens (tertiary/aromatic N) is 1. The number of ketones is 1. The van der Waals surface area contributed by atoms with Crippen molar-refractivity contribution in [1.82, 2.24) is 0 Å². The quantitative estimate of drug-likeness (QED) is 0.403. The van der Waals surface area contributed by atoms with Crippen LogP contribution in [0.1, 0.15) is 29.3 Å². The summed E-state index contributed by atoms with van der Waals surface area (Å²) in [4.78, 5) is 12.6. The molecule has 0 aliphatic carbocycles. The molecule has 134 valence electrons. The predicted molar refractivity (Wildman–Crippen MR) is 99.7 cm³/mol. The largest absolute Gasteiger partial charge is 0.497 e. The van der Waals surface area contributed by atoms with Crippen LogP contribution in [0, 0.1) is 11.3 Å². The van der Waals surface area contributed by atoms with Gasteiger partial charge in [0, 0.05) is 5.56 Å². The second-order valence-electron chi connectivity index (χ2n) is 5.49. The van der Waals surface area contributed by atoms with Gasteiger partial charge in [0.15, 0.2) is 11.5 Å². The Morgan fingerprint density at radius 2 is 1.81 bits per heavy atom. The van der Waals surface area contributed by atoms with Crippen LogP contribution in [0.5, 0.6) is 17.2 Å². The third-order valence-corrected chi connectivity index (χ3v) is 3.68. The Morgan fingerprint density at radius 1 is 1.08 bits per heavy atom. The van der Waals surface area contributed by atoms with Gasteiger partial charge in [-0.1, -0.05) is 13.0 Å². The van der Waals surface area contributed by atoms with Crippen LogP contribution in [0.3, 0.4) is 0 Å². The zero-order valence-corrected chi connectivity index (χ0v) is 15.1. The Morgan fingerprint density at radius 3 is 2.38 bits per heavy atom. The van der Waals surface area contributed by atoms with Crippen LogP contribution in [0.15, 0.2) is 48.0 Å². The van der Waals surface area contributed by atoms with Gasteiger partial charge in [-0.25, -0.2) is 0 Å². The van der Waals surface area contributed by atoms with Gasteiger partial charge in [0.1, 0.15) is 17.4 Å². The van der Waals surface area contributed by atoms with Crippen molar-refractivity contribution < 1.29 is 19.0 Å². The summed E-state index contributed by atoms with van der Waals surface area (Å²) in [5.41, 5.74) is 1.15. The topological polar surface area (TPSA) is 68.5 Å². The second-order valence-corrected chi connectivity index (χ2v) is 5.49. The van der Waals surface area contributed by atoms with Gasteiger partial charge in [0.2, 0.25) is 5.78 Å². The molecule has 0 spiro atoms. The van der Waals surface area contributed by atoms with E-state index in [1.807, 2.05) is 13.0 Å². The molecule has 0 aliphatic heterocycles. The van der Waals surface area contributed by atoms with Crippen molar-refractivity contribution in [3.8, 4) is 23.3 Å². The second kappa shape index (κ2) is 9.28. The number of allylic oxidation sites excluding steroid dienone is 1. The van der Waals surface area contributed by atoms with Gasteiger partial charge >= 0.3 is 0 Å². The molecule has 0 heterocycles. The van der Waals surface area contributed by atoms with Crippen molar-refractivity contribution in [2.45, 2.75) is 13.3 Å². The molecule has 0 aliphatic rings. The molecule has 0 unspecified atom stereocenters. The van der Waals surface area contributed by atoms with Gasteiger partial charge in [-0.15, -0.1) is 0 Å². The van der Waals surface area contributed by atoms with Crippen LogP contribution in [0.2, 0.25) is 0 Å². The summed E-state index contributed by atoms with van der Waals surface area (Å²) in [6, 6.07) is 13.9. The molecule has 0 bridgehead atoms. The van der Waals surface area contributed by atoms with E-state index >= 15 is 0 Å². The van der Waals surface area contributed by atoms with Crippen LogP contribution in [0.4, 0.5) is 0 Å². The smallest absolute Gasteiger partial charge is 0.203 e. The fourth-order valence-electron chi connectivity index (χ4n) is 2.32. The van der Waals surface area contributed by atoms with Crippen molar-refractivity contribution in [2.24, 2.45) is 0 Å². The highest BCUT2D eigenvalue weighted by molar-refractivity contribution is 6.14. The fraction of sp³-hybridized carbons (Fsp3) is 0.238. The minimum Gasteiger partial charge on any atom is -0.497 e. The first-order valence-corrected chi connectivity index (χ1v) is 8.24. The van der Waals surface area contributed by atoms with E-state index in [-0.39, 0.29) is 11.4 Å². The Hall–Kier alpha value is -3.26. The molecule has 26 heavy (non-hydrogen) atoms. The molecule has 5 heteroatoms. The molecule has 5 nitrogen and oxygen atoms in total. The first-order valence-electron chi connectivity index (χ1n) is 8.24. The molecule has 2 aromatic rings. The average Bonchev–Trinajstić information content (AvgIpc) is 2.70. The first-order chi connectivity index (χ1) is 12.6. The van der Waals surface area contributed by atoms with Crippen molar-refractivity contribution in [3.05, 3.63) is 59.2 Å². The van der Waals surface area contributed by atoms with Gasteiger partial charge in [0.05, 0.1) is 20.8 Å². The SMILES string of the molecule is CCCOc1ccc(/C=C(\C#N)C(=O)c2ccc(OC)cc2)cc1OC. The lowest BCUT2D eigenvalue weighted by atomic mass is 10.0. The minimum absolute atomic E-state index is 0.0412. The lowest BCUT2D eigenvalue weighted by molar-refractivity contribution is 0.104. The summed E-state index contributed by atoms with van der Waals surface area (Å²) in [6.45, 7) is 2.61. The summed E-state index contributed by atoms with van der Waals surface area (Å²) in [6.07, 6.45) is 2.43. The van der Waals surface area contributed by atoms with Crippen molar-refractivity contribution >= 4 is 11.9 Å². The Kier molecular flexibility index (Phi) is 6.81. The fourth-order valence-corrected chi connectivity index (χ4v) is 2.32. The van der Waals surface area contributed by atoms with Gasteiger partial charge < -0.3 is 14.2 Å². The van der Waals surface area contributed by atoms with Gasteiger partial charge in [-0.2, -0.15) is 5.26 Å². The third-order valence-electron chi connectivity index (χ3n) is 3.68. The molecule has 0 N–H and O–H groups in total. The summed E-state index contributed by atoms with van der Waals surface area (Å²) in [7, 11) is 3.11. The van der Waals surface area contributed by atoms with Crippen LogP contribution in [0.25, 0.3) is 6.08 Å². The van der Waals surface area contributed by atoms with E-state index in [2.05, 4.69) is 0 Å². The first kappa shape index (κ1) is 19.1. The summed E-state index contributed by atoms with van der Waals surface area (Å²) >= 11 is 0. The van der Waals surface area contributed by atoms with Gasteiger partial charge in [0.25, 0.3) is 0 Å². The highest BCUT2D eigenvalue weighted by atomic mass is 16.5. The highest BCUT2D eigenvalue weighted by Gasteiger charge is 2.13. The minimum atomic E-state index is -0.347. The van der Waals surface area contributed by atoms with Crippen LogP contribution in [-0.2, 0) is 0 Å². The molecule has 0 amide bonds.